The number of fused-ring (bicyclic) bond motifs is 2. The van der Waals surface area contributed by atoms with Crippen molar-refractivity contribution >= 4 is 0 Å². The molecule has 110 valence electrons. The van der Waals surface area contributed by atoms with E-state index in [4.69, 9.17) is 4.74 Å². The summed E-state index contributed by atoms with van der Waals surface area (Å²) in [6.07, 6.45) is 3.26. The Morgan fingerprint density at radius 1 is 1.25 bits per heavy atom. The van der Waals surface area contributed by atoms with Crippen LogP contribution in [0.5, 0.6) is 5.88 Å². The van der Waals surface area contributed by atoms with Crippen molar-refractivity contribution in [3.63, 3.8) is 0 Å². The van der Waals surface area contributed by atoms with Gasteiger partial charge in [0.05, 0.1) is 7.11 Å². The Bertz CT molecular complexity index is 466. The maximum Gasteiger partial charge on any atom is 0.212 e. The second-order valence-electron chi connectivity index (χ2n) is 7.00. The van der Waals surface area contributed by atoms with Gasteiger partial charge in [-0.1, -0.05) is 6.07 Å². The summed E-state index contributed by atoms with van der Waals surface area (Å²) in [6.45, 7) is 10.4. The van der Waals surface area contributed by atoms with E-state index in [0.29, 0.717) is 17.5 Å². The Labute approximate surface area is 121 Å². The zero-order valence-corrected chi connectivity index (χ0v) is 13.0. The van der Waals surface area contributed by atoms with Crippen LogP contribution >= 0.6 is 0 Å². The molecule has 20 heavy (non-hydrogen) atoms. The van der Waals surface area contributed by atoms with E-state index in [0.717, 1.165) is 12.6 Å². The monoisotopic (exact) mass is 275 g/mol. The first-order valence-electron chi connectivity index (χ1n) is 7.47. The molecule has 3 rings (SSSR count). The molecule has 2 unspecified atom stereocenters. The minimum Gasteiger partial charge on any atom is -0.481 e. The minimum atomic E-state index is 0.299. The summed E-state index contributed by atoms with van der Waals surface area (Å²) >= 11 is 0. The van der Waals surface area contributed by atoms with Gasteiger partial charge in [-0.25, -0.2) is 4.98 Å². The fraction of sp³-hybridized carbons (Fsp3) is 0.688. The molecule has 0 amide bonds. The van der Waals surface area contributed by atoms with Gasteiger partial charge in [0.1, 0.15) is 0 Å². The van der Waals surface area contributed by atoms with E-state index in [1.165, 1.54) is 25.1 Å². The Morgan fingerprint density at radius 3 is 2.55 bits per heavy atom. The third kappa shape index (κ3) is 2.54. The highest BCUT2D eigenvalue weighted by Gasteiger charge is 2.46. The summed E-state index contributed by atoms with van der Waals surface area (Å²) in [7, 11) is 1.66. The summed E-state index contributed by atoms with van der Waals surface area (Å²) in [5, 5.41) is 0. The molecule has 0 aromatic carbocycles. The van der Waals surface area contributed by atoms with Gasteiger partial charge in [-0.15, -0.1) is 0 Å². The van der Waals surface area contributed by atoms with Crippen molar-refractivity contribution in [3.05, 3.63) is 23.9 Å². The topological polar surface area (TPSA) is 28.6 Å². The number of methoxy groups -OCH3 is 1. The zero-order chi connectivity index (χ0) is 14.3. The molecule has 2 aliphatic heterocycles. The largest absolute Gasteiger partial charge is 0.481 e. The molecule has 0 radical (unpaired) electrons. The van der Waals surface area contributed by atoms with Gasteiger partial charge in [-0.05, 0) is 32.8 Å². The Balaban J connectivity index is 1.62. The van der Waals surface area contributed by atoms with E-state index in [1.807, 2.05) is 12.3 Å². The number of piperazine rings is 1. The van der Waals surface area contributed by atoms with Crippen molar-refractivity contribution in [2.75, 3.05) is 20.2 Å². The molecule has 0 spiro atoms. The number of hydrogen-bond acceptors (Lipinski definition) is 4. The molecule has 4 heteroatoms. The van der Waals surface area contributed by atoms with Crippen molar-refractivity contribution < 1.29 is 4.74 Å². The Morgan fingerprint density at radius 2 is 2.05 bits per heavy atom. The molecule has 2 bridgehead atoms. The molecule has 0 N–H and O–H groups in total. The normalized spacial score (nSPS) is 27.2. The molecular formula is C16H25N3O. The van der Waals surface area contributed by atoms with E-state index in [1.54, 1.807) is 7.11 Å². The van der Waals surface area contributed by atoms with Crippen LogP contribution in [0.4, 0.5) is 0 Å². The fourth-order valence-corrected chi connectivity index (χ4v) is 3.62. The van der Waals surface area contributed by atoms with Crippen molar-refractivity contribution in [2.45, 2.75) is 51.4 Å². The van der Waals surface area contributed by atoms with Crippen molar-refractivity contribution in [1.29, 1.82) is 0 Å². The second-order valence-corrected chi connectivity index (χ2v) is 7.00. The predicted molar refractivity (Wildman–Crippen MR) is 79.9 cm³/mol. The van der Waals surface area contributed by atoms with Crippen LogP contribution in [0, 0.1) is 0 Å². The smallest absolute Gasteiger partial charge is 0.212 e. The third-order valence-corrected chi connectivity index (χ3v) is 4.61. The number of ether oxygens (including phenoxy) is 1. The van der Waals surface area contributed by atoms with Crippen LogP contribution < -0.4 is 4.74 Å². The molecule has 2 aliphatic rings. The molecule has 1 aromatic heterocycles. The molecule has 3 heterocycles. The van der Waals surface area contributed by atoms with E-state index in [9.17, 15) is 0 Å². The number of hydrogen-bond donors (Lipinski definition) is 0. The van der Waals surface area contributed by atoms with Gasteiger partial charge in [0.2, 0.25) is 5.88 Å². The number of aromatic nitrogens is 1. The molecular weight excluding hydrogens is 250 g/mol. The van der Waals surface area contributed by atoms with Crippen LogP contribution in [0.25, 0.3) is 0 Å². The van der Waals surface area contributed by atoms with Crippen molar-refractivity contribution in [3.8, 4) is 5.88 Å². The highest BCUT2D eigenvalue weighted by Crippen LogP contribution is 2.36. The summed E-state index contributed by atoms with van der Waals surface area (Å²) in [5.74, 6) is 0.690. The number of likely N-dealkylation sites (tertiary alicyclic amines) is 2. The number of nitrogens with zero attached hydrogens (tertiary/aromatic N) is 3. The van der Waals surface area contributed by atoms with Crippen molar-refractivity contribution in [2.24, 2.45) is 0 Å². The lowest BCUT2D eigenvalue weighted by atomic mass is 10.0. The van der Waals surface area contributed by atoms with Crippen LogP contribution in [-0.4, -0.2) is 52.6 Å². The average Bonchev–Trinajstić information content (AvgIpc) is 2.98. The van der Waals surface area contributed by atoms with Crippen LogP contribution in [-0.2, 0) is 6.54 Å². The van der Waals surface area contributed by atoms with E-state index < -0.39 is 0 Å². The summed E-state index contributed by atoms with van der Waals surface area (Å²) in [6, 6.07) is 5.51. The average molecular weight is 275 g/mol. The summed E-state index contributed by atoms with van der Waals surface area (Å²) in [5.41, 5.74) is 1.58. The summed E-state index contributed by atoms with van der Waals surface area (Å²) < 4.78 is 5.11. The molecule has 0 aliphatic carbocycles. The third-order valence-electron chi connectivity index (χ3n) is 4.61. The lowest BCUT2D eigenvalue weighted by Gasteiger charge is -2.42. The summed E-state index contributed by atoms with van der Waals surface area (Å²) in [4.78, 5) is 9.57. The van der Waals surface area contributed by atoms with Crippen LogP contribution in [0.1, 0.15) is 32.8 Å². The van der Waals surface area contributed by atoms with Crippen LogP contribution in [0.15, 0.2) is 18.3 Å². The van der Waals surface area contributed by atoms with Gasteiger partial charge in [-0.3, -0.25) is 9.80 Å². The fourth-order valence-electron chi connectivity index (χ4n) is 3.62. The van der Waals surface area contributed by atoms with E-state index in [2.05, 4.69) is 41.6 Å². The number of pyridine rings is 1. The maximum atomic E-state index is 5.11. The van der Waals surface area contributed by atoms with E-state index >= 15 is 0 Å². The minimum absolute atomic E-state index is 0.299. The SMILES string of the molecule is COc1ccc(CN2CC3CC2CN3C(C)(C)C)cn1. The van der Waals surface area contributed by atoms with Crippen LogP contribution in [0.2, 0.25) is 0 Å². The lowest BCUT2D eigenvalue weighted by molar-refractivity contribution is 0.0544. The first-order valence-corrected chi connectivity index (χ1v) is 7.47. The Kier molecular flexibility index (Phi) is 3.46. The van der Waals surface area contributed by atoms with Crippen LogP contribution in [0.3, 0.4) is 0 Å². The van der Waals surface area contributed by atoms with Gasteiger partial charge >= 0.3 is 0 Å². The van der Waals surface area contributed by atoms with Crippen molar-refractivity contribution in [1.82, 2.24) is 14.8 Å². The highest BCUT2D eigenvalue weighted by atomic mass is 16.5. The van der Waals surface area contributed by atoms with E-state index in [-0.39, 0.29) is 0 Å². The molecule has 2 saturated heterocycles. The van der Waals surface area contributed by atoms with Gasteiger partial charge in [0, 0.05) is 49.5 Å². The van der Waals surface area contributed by atoms with Gasteiger partial charge in [-0.2, -0.15) is 0 Å². The zero-order valence-electron chi connectivity index (χ0n) is 13.0. The predicted octanol–water partition coefficient (Wildman–Crippen LogP) is 2.15. The molecule has 2 fully saturated rings. The molecule has 4 nitrogen and oxygen atoms in total. The first-order chi connectivity index (χ1) is 9.47. The lowest BCUT2D eigenvalue weighted by Crippen LogP contribution is -2.53. The first kappa shape index (κ1) is 13.8. The van der Waals surface area contributed by atoms with Gasteiger partial charge in [0.25, 0.3) is 0 Å². The highest BCUT2D eigenvalue weighted by molar-refractivity contribution is 5.18. The van der Waals surface area contributed by atoms with Gasteiger partial charge < -0.3 is 4.74 Å². The quantitative estimate of drug-likeness (QED) is 0.845. The van der Waals surface area contributed by atoms with Gasteiger partial charge in [0.15, 0.2) is 0 Å². The Hall–Kier alpha value is -1.13. The molecule has 1 aromatic rings. The molecule has 2 atom stereocenters. The molecule has 0 saturated carbocycles. The maximum absolute atomic E-state index is 5.11. The number of rotatable bonds is 3. The standard InChI is InChI=1S/C16H25N3O/c1-16(2,3)19-11-13-7-14(19)10-18(13)9-12-5-6-15(20-4)17-8-12/h5-6,8,13-14H,7,9-11H2,1-4H3. The second kappa shape index (κ2) is 5.01.